The van der Waals surface area contributed by atoms with E-state index < -0.39 is 5.41 Å². The molecule has 0 bridgehead atoms. The molecule has 1 aromatic carbocycles. The zero-order valence-corrected chi connectivity index (χ0v) is 14.5. The van der Waals surface area contributed by atoms with Gasteiger partial charge in [0.15, 0.2) is 5.78 Å². The largest absolute Gasteiger partial charge is 0.302 e. The molecule has 0 saturated carbocycles. The molecule has 0 fully saturated rings. The summed E-state index contributed by atoms with van der Waals surface area (Å²) in [5.74, 6) is 0.0202. The van der Waals surface area contributed by atoms with Crippen LogP contribution in [0.3, 0.4) is 0 Å². The minimum absolute atomic E-state index is 0.0202. The summed E-state index contributed by atoms with van der Waals surface area (Å²) in [7, 11) is 1.70. The second-order valence-electron chi connectivity index (χ2n) is 6.43. The fourth-order valence-corrected chi connectivity index (χ4v) is 2.95. The number of carbonyl (C=O) groups excluding carboxylic acids is 1. The molecule has 22 heavy (non-hydrogen) atoms. The van der Waals surface area contributed by atoms with Crippen LogP contribution in [0.2, 0.25) is 0 Å². The van der Waals surface area contributed by atoms with Gasteiger partial charge in [0.1, 0.15) is 4.66 Å². The molecule has 116 valence electrons. The van der Waals surface area contributed by atoms with Crippen LogP contribution in [-0.2, 0) is 11.8 Å². The van der Waals surface area contributed by atoms with E-state index in [1.807, 2.05) is 58.0 Å². The molecule has 4 heteroatoms. The molecular weight excluding hydrogens is 294 g/mol. The summed E-state index contributed by atoms with van der Waals surface area (Å²) >= 11 is 1.35. The van der Waals surface area contributed by atoms with E-state index in [9.17, 15) is 9.59 Å². The van der Waals surface area contributed by atoms with Gasteiger partial charge in [-0.3, -0.25) is 9.59 Å². The molecule has 2 aromatic rings. The molecule has 0 radical (unpaired) electrons. The molecule has 0 aliphatic carbocycles. The fourth-order valence-electron chi connectivity index (χ4n) is 1.93. The summed E-state index contributed by atoms with van der Waals surface area (Å²) < 4.78 is 2.87. The van der Waals surface area contributed by atoms with Crippen LogP contribution in [0.4, 0.5) is 0 Å². The summed E-state index contributed by atoms with van der Waals surface area (Å²) in [6.07, 6.45) is 3.46. The van der Waals surface area contributed by atoms with Gasteiger partial charge in [-0.2, -0.15) is 0 Å². The van der Waals surface area contributed by atoms with Crippen molar-refractivity contribution >= 4 is 29.3 Å². The smallest absolute Gasteiger partial charge is 0.268 e. The quantitative estimate of drug-likeness (QED) is 0.850. The number of hydrogen-bond donors (Lipinski definition) is 0. The second kappa shape index (κ2) is 6.05. The molecule has 0 saturated heterocycles. The first-order chi connectivity index (χ1) is 10.2. The van der Waals surface area contributed by atoms with Crippen molar-refractivity contribution in [2.45, 2.75) is 27.7 Å². The Balaban J connectivity index is 2.62. The number of aryl methyl sites for hydroxylation is 1. The van der Waals surface area contributed by atoms with E-state index in [-0.39, 0.29) is 11.3 Å². The van der Waals surface area contributed by atoms with E-state index in [2.05, 4.69) is 0 Å². The molecule has 1 aromatic heterocycles. The number of carbonyl (C=O) groups is 1. The molecule has 0 aliphatic heterocycles. The van der Waals surface area contributed by atoms with Crippen LogP contribution < -0.4 is 14.8 Å². The SMILES string of the molecule is Cc1ccccc1/C=c1\s/c(=C\C(=O)C(C)(C)C)n(C)c1=O. The van der Waals surface area contributed by atoms with Crippen LogP contribution in [0.1, 0.15) is 31.9 Å². The molecule has 0 N–H and O–H groups in total. The Labute approximate surface area is 134 Å². The number of hydrogen-bond acceptors (Lipinski definition) is 3. The lowest BCUT2D eigenvalue weighted by atomic mass is 9.91. The van der Waals surface area contributed by atoms with Crippen LogP contribution in [-0.4, -0.2) is 10.4 Å². The lowest BCUT2D eigenvalue weighted by Gasteiger charge is -2.12. The van der Waals surface area contributed by atoms with Gasteiger partial charge in [0, 0.05) is 18.5 Å². The first-order valence-electron chi connectivity index (χ1n) is 7.19. The molecule has 0 spiro atoms. The average Bonchev–Trinajstić information content (AvgIpc) is 2.69. The number of aromatic nitrogens is 1. The Hall–Kier alpha value is -1.94. The summed E-state index contributed by atoms with van der Waals surface area (Å²) in [5, 5.41) is 0. The van der Waals surface area contributed by atoms with Crippen molar-refractivity contribution < 1.29 is 4.79 Å². The lowest BCUT2D eigenvalue weighted by molar-refractivity contribution is -0.120. The van der Waals surface area contributed by atoms with Gasteiger partial charge in [-0.05, 0) is 24.1 Å². The average molecular weight is 315 g/mol. The van der Waals surface area contributed by atoms with Crippen molar-refractivity contribution in [1.82, 2.24) is 4.57 Å². The molecule has 0 aliphatic rings. The van der Waals surface area contributed by atoms with Crippen LogP contribution in [0.25, 0.3) is 12.2 Å². The van der Waals surface area contributed by atoms with Gasteiger partial charge in [0.05, 0.1) is 4.53 Å². The van der Waals surface area contributed by atoms with Crippen molar-refractivity contribution in [2.24, 2.45) is 12.5 Å². The Bertz CT molecular complexity index is 879. The van der Waals surface area contributed by atoms with Crippen molar-refractivity contribution in [3.8, 4) is 0 Å². The molecule has 0 atom stereocenters. The zero-order chi connectivity index (χ0) is 16.5. The van der Waals surface area contributed by atoms with Gasteiger partial charge in [-0.1, -0.05) is 45.0 Å². The first-order valence-corrected chi connectivity index (χ1v) is 8.01. The highest BCUT2D eigenvalue weighted by Gasteiger charge is 2.19. The number of nitrogens with zero attached hydrogens (tertiary/aromatic N) is 1. The van der Waals surface area contributed by atoms with Gasteiger partial charge in [0.2, 0.25) is 0 Å². The fraction of sp³-hybridized carbons (Fsp3) is 0.333. The summed E-state index contributed by atoms with van der Waals surface area (Å²) in [6, 6.07) is 7.92. The third kappa shape index (κ3) is 3.45. The van der Waals surface area contributed by atoms with Crippen LogP contribution in [0.15, 0.2) is 29.1 Å². The second-order valence-corrected chi connectivity index (χ2v) is 7.49. The Kier molecular flexibility index (Phi) is 4.52. The van der Waals surface area contributed by atoms with Crippen LogP contribution in [0.5, 0.6) is 0 Å². The van der Waals surface area contributed by atoms with E-state index in [0.29, 0.717) is 9.20 Å². The first kappa shape index (κ1) is 16.4. The maximum Gasteiger partial charge on any atom is 0.268 e. The minimum atomic E-state index is -0.445. The lowest BCUT2D eigenvalue weighted by Crippen LogP contribution is -2.30. The Morgan fingerprint density at radius 1 is 1.23 bits per heavy atom. The highest BCUT2D eigenvalue weighted by atomic mass is 32.1. The topological polar surface area (TPSA) is 39.1 Å². The predicted molar refractivity (Wildman–Crippen MR) is 92.5 cm³/mol. The van der Waals surface area contributed by atoms with Gasteiger partial charge in [0.25, 0.3) is 5.56 Å². The Morgan fingerprint density at radius 2 is 1.86 bits per heavy atom. The minimum Gasteiger partial charge on any atom is -0.302 e. The summed E-state index contributed by atoms with van der Waals surface area (Å²) in [4.78, 5) is 24.5. The van der Waals surface area contributed by atoms with E-state index >= 15 is 0 Å². The molecule has 0 amide bonds. The molecule has 3 nitrogen and oxygen atoms in total. The number of ketones is 1. The van der Waals surface area contributed by atoms with Crippen LogP contribution >= 0.6 is 11.3 Å². The van der Waals surface area contributed by atoms with E-state index in [4.69, 9.17) is 0 Å². The van der Waals surface area contributed by atoms with Gasteiger partial charge in [-0.25, -0.2) is 0 Å². The van der Waals surface area contributed by atoms with Crippen molar-refractivity contribution in [1.29, 1.82) is 0 Å². The third-order valence-electron chi connectivity index (χ3n) is 3.53. The van der Waals surface area contributed by atoms with Gasteiger partial charge in [-0.15, -0.1) is 11.3 Å². The van der Waals surface area contributed by atoms with Gasteiger partial charge < -0.3 is 4.57 Å². The predicted octanol–water partition coefficient (Wildman–Crippen LogP) is 1.98. The highest BCUT2D eigenvalue weighted by Crippen LogP contribution is 2.14. The van der Waals surface area contributed by atoms with Gasteiger partial charge >= 0.3 is 0 Å². The number of benzene rings is 1. The molecule has 2 rings (SSSR count). The molecule has 1 heterocycles. The van der Waals surface area contributed by atoms with E-state index in [1.54, 1.807) is 17.7 Å². The highest BCUT2D eigenvalue weighted by molar-refractivity contribution is 7.07. The van der Waals surface area contributed by atoms with E-state index in [1.165, 1.54) is 11.3 Å². The molecular formula is C18H21NO2S. The van der Waals surface area contributed by atoms with Crippen molar-refractivity contribution in [3.05, 3.63) is 54.9 Å². The zero-order valence-electron chi connectivity index (χ0n) is 13.6. The number of thiazole rings is 1. The maximum atomic E-state index is 12.3. The maximum absolute atomic E-state index is 12.3. The third-order valence-corrected chi connectivity index (χ3v) is 4.64. The summed E-state index contributed by atoms with van der Waals surface area (Å²) in [6.45, 7) is 7.63. The standard InChI is InChI=1S/C18H21NO2S/c1-12-8-6-7-9-13(12)10-14-17(21)19(5)16(22-14)11-15(20)18(2,3)4/h6-11H,1-5H3/b14-10-,16-11-. The number of Topliss-reactive ketones (excluding diaryl/α,β-unsaturated/α-hetero) is 1. The Morgan fingerprint density at radius 3 is 2.45 bits per heavy atom. The normalized spacial score (nSPS) is 13.7. The summed E-state index contributed by atoms with van der Waals surface area (Å²) in [5.41, 5.74) is 1.63. The molecule has 0 unspecified atom stereocenters. The monoisotopic (exact) mass is 315 g/mol. The van der Waals surface area contributed by atoms with E-state index in [0.717, 1.165) is 11.1 Å². The van der Waals surface area contributed by atoms with Crippen molar-refractivity contribution in [3.63, 3.8) is 0 Å². The van der Waals surface area contributed by atoms with Crippen molar-refractivity contribution in [2.75, 3.05) is 0 Å². The number of rotatable bonds is 2. The van der Waals surface area contributed by atoms with Crippen LogP contribution in [0, 0.1) is 12.3 Å².